The molecule has 0 saturated carbocycles. The predicted octanol–water partition coefficient (Wildman–Crippen LogP) is 5.17. The average Bonchev–Trinajstić information content (AvgIpc) is 2.85. The minimum Gasteiger partial charge on any atom is -0.465 e. The van der Waals surface area contributed by atoms with E-state index in [4.69, 9.17) is 4.74 Å². The van der Waals surface area contributed by atoms with E-state index < -0.39 is 17.8 Å². The maximum absolute atomic E-state index is 12.9. The number of benzene rings is 1. The van der Waals surface area contributed by atoms with E-state index in [1.165, 1.54) is 11.9 Å². The Morgan fingerprint density at radius 1 is 1.18 bits per heavy atom. The molecule has 0 radical (unpaired) electrons. The lowest BCUT2D eigenvalue weighted by atomic mass is 9.74. The van der Waals surface area contributed by atoms with E-state index in [-0.39, 0.29) is 23.5 Å². The lowest BCUT2D eigenvalue weighted by Crippen LogP contribution is -2.36. The van der Waals surface area contributed by atoms with Gasteiger partial charge in [0.2, 0.25) is 0 Å². The van der Waals surface area contributed by atoms with Crippen LogP contribution in [0.1, 0.15) is 82.3 Å². The summed E-state index contributed by atoms with van der Waals surface area (Å²) < 4.78 is 5.28. The molecule has 8 heteroatoms. The Kier molecular flexibility index (Phi) is 7.93. The number of hydrogen-bond donors (Lipinski definition) is 1. The topological polar surface area (TPSA) is 99.5 Å². The number of ether oxygens (including phenoxy) is 1. The van der Waals surface area contributed by atoms with Crippen molar-refractivity contribution in [1.29, 1.82) is 0 Å². The third kappa shape index (κ3) is 7.30. The van der Waals surface area contributed by atoms with Crippen molar-refractivity contribution in [2.75, 3.05) is 20.1 Å². The van der Waals surface area contributed by atoms with Gasteiger partial charge in [-0.05, 0) is 56.7 Å². The molecule has 0 saturated heterocycles. The van der Waals surface area contributed by atoms with E-state index in [2.05, 4.69) is 25.9 Å². The van der Waals surface area contributed by atoms with Crippen molar-refractivity contribution in [3.05, 3.63) is 34.9 Å². The van der Waals surface area contributed by atoms with Gasteiger partial charge < -0.3 is 14.7 Å². The first-order valence-electron chi connectivity index (χ1n) is 11.2. The minimum atomic E-state index is -0.922. The molecule has 1 aromatic carbocycles. The van der Waals surface area contributed by atoms with Crippen molar-refractivity contribution in [2.24, 2.45) is 10.5 Å². The summed E-state index contributed by atoms with van der Waals surface area (Å²) in [5.74, 6) is -0.0793. The fraction of sp³-hybridized carbons (Fsp3) is 0.600. The van der Waals surface area contributed by atoms with Gasteiger partial charge in [0.25, 0.3) is 0 Å². The van der Waals surface area contributed by atoms with Crippen molar-refractivity contribution >= 4 is 23.7 Å². The van der Waals surface area contributed by atoms with Crippen LogP contribution in [-0.4, -0.2) is 64.4 Å². The Morgan fingerprint density at radius 3 is 2.36 bits per heavy atom. The molecule has 1 heterocycles. The monoisotopic (exact) mass is 459 g/mol. The maximum atomic E-state index is 12.9. The van der Waals surface area contributed by atoms with Crippen molar-refractivity contribution in [2.45, 2.75) is 72.8 Å². The zero-order valence-corrected chi connectivity index (χ0v) is 21.1. The fourth-order valence-electron chi connectivity index (χ4n) is 3.91. The third-order valence-corrected chi connectivity index (χ3v) is 5.61. The second-order valence-electron chi connectivity index (χ2n) is 10.7. The summed E-state index contributed by atoms with van der Waals surface area (Å²) in [6.07, 6.45) is -0.885. The summed E-state index contributed by atoms with van der Waals surface area (Å²) >= 11 is 0. The molecule has 1 aromatic rings. The van der Waals surface area contributed by atoms with Gasteiger partial charge in [0.05, 0.1) is 6.42 Å². The highest BCUT2D eigenvalue weighted by Gasteiger charge is 2.34. The standard InChI is InChI=1S/C25H37N3O5/c1-16(26-27(8)23(32)33-25(5,6)7)13-21(29)18-9-10-19-17(14-18)11-12-28(22(30)31)15-20(19)24(2,3)4/h9-10,14,20H,11-13,15H2,1-8H3,(H,30,31)/b26-16+. The number of ketones is 1. The van der Waals surface area contributed by atoms with Crippen LogP contribution in [0.2, 0.25) is 0 Å². The van der Waals surface area contributed by atoms with Crippen molar-refractivity contribution < 1.29 is 24.2 Å². The molecule has 2 amide bonds. The van der Waals surface area contributed by atoms with Gasteiger partial charge in [-0.1, -0.05) is 32.9 Å². The highest BCUT2D eigenvalue weighted by Crippen LogP contribution is 2.39. The van der Waals surface area contributed by atoms with Crippen LogP contribution in [-0.2, 0) is 11.2 Å². The molecular weight excluding hydrogens is 422 g/mol. The molecule has 0 spiro atoms. The summed E-state index contributed by atoms with van der Waals surface area (Å²) in [7, 11) is 1.49. The summed E-state index contributed by atoms with van der Waals surface area (Å²) in [5, 5.41) is 14.8. The largest absolute Gasteiger partial charge is 0.465 e. The molecule has 0 aliphatic carbocycles. The fourth-order valence-corrected chi connectivity index (χ4v) is 3.91. The van der Waals surface area contributed by atoms with E-state index in [1.54, 1.807) is 33.8 Å². The van der Waals surface area contributed by atoms with Gasteiger partial charge in [0, 0.05) is 37.3 Å². The predicted molar refractivity (Wildman–Crippen MR) is 128 cm³/mol. The van der Waals surface area contributed by atoms with Gasteiger partial charge in [-0.3, -0.25) is 4.79 Å². The summed E-state index contributed by atoms with van der Waals surface area (Å²) in [6.45, 7) is 14.2. The summed E-state index contributed by atoms with van der Waals surface area (Å²) in [4.78, 5) is 38.2. The third-order valence-electron chi connectivity index (χ3n) is 5.61. The second-order valence-corrected chi connectivity index (χ2v) is 10.7. The van der Waals surface area contributed by atoms with Gasteiger partial charge in [-0.25, -0.2) is 14.6 Å². The van der Waals surface area contributed by atoms with E-state index in [0.29, 0.717) is 30.8 Å². The Bertz CT molecular complexity index is 940. The van der Waals surface area contributed by atoms with Crippen LogP contribution in [0.15, 0.2) is 23.3 Å². The number of carbonyl (C=O) groups excluding carboxylic acids is 2. The molecular formula is C25H37N3O5. The number of rotatable bonds is 4. The van der Waals surface area contributed by atoms with Gasteiger partial charge in [-0.15, -0.1) is 0 Å². The molecule has 2 rings (SSSR count). The van der Waals surface area contributed by atoms with E-state index >= 15 is 0 Å². The Balaban J connectivity index is 2.22. The van der Waals surface area contributed by atoms with E-state index in [0.717, 1.165) is 16.1 Å². The van der Waals surface area contributed by atoms with Gasteiger partial charge in [0.1, 0.15) is 5.60 Å². The molecule has 1 aliphatic rings. The Morgan fingerprint density at radius 2 is 1.82 bits per heavy atom. The zero-order valence-electron chi connectivity index (χ0n) is 21.1. The number of carboxylic acid groups (broad SMARTS) is 1. The lowest BCUT2D eigenvalue weighted by Gasteiger charge is -2.33. The first-order chi connectivity index (χ1) is 15.1. The minimum absolute atomic E-state index is 0.0287. The number of nitrogens with zero attached hydrogens (tertiary/aromatic N) is 3. The normalized spacial score (nSPS) is 17.2. The molecule has 182 valence electrons. The van der Waals surface area contributed by atoms with E-state index in [1.807, 2.05) is 12.1 Å². The lowest BCUT2D eigenvalue weighted by molar-refractivity contribution is 0.0302. The molecule has 0 bridgehead atoms. The van der Waals surface area contributed by atoms with Gasteiger partial charge in [-0.2, -0.15) is 5.10 Å². The zero-order chi connectivity index (χ0) is 25.1. The Labute approximate surface area is 196 Å². The number of amides is 2. The average molecular weight is 460 g/mol. The smallest absolute Gasteiger partial charge is 0.430 e. The first kappa shape index (κ1) is 26.4. The van der Waals surface area contributed by atoms with Gasteiger partial charge in [0.15, 0.2) is 5.78 Å². The van der Waals surface area contributed by atoms with E-state index in [9.17, 15) is 19.5 Å². The molecule has 33 heavy (non-hydrogen) atoms. The quantitative estimate of drug-likeness (QED) is 0.380. The molecule has 1 atom stereocenters. The molecule has 1 N–H and O–H groups in total. The van der Waals surface area contributed by atoms with Gasteiger partial charge >= 0.3 is 12.2 Å². The van der Waals surface area contributed by atoms with Crippen molar-refractivity contribution in [3.63, 3.8) is 0 Å². The van der Waals surface area contributed by atoms with Crippen LogP contribution in [0.3, 0.4) is 0 Å². The van der Waals surface area contributed by atoms with Crippen LogP contribution in [0, 0.1) is 5.41 Å². The van der Waals surface area contributed by atoms with Crippen molar-refractivity contribution in [3.8, 4) is 0 Å². The van der Waals surface area contributed by atoms with Crippen LogP contribution < -0.4 is 0 Å². The van der Waals surface area contributed by atoms with Crippen LogP contribution >= 0.6 is 0 Å². The molecule has 1 aliphatic heterocycles. The second kappa shape index (κ2) is 9.93. The molecule has 8 nitrogen and oxygen atoms in total. The molecule has 0 aromatic heterocycles. The number of hydrogen-bond acceptors (Lipinski definition) is 5. The van der Waals surface area contributed by atoms with Crippen molar-refractivity contribution in [1.82, 2.24) is 9.91 Å². The number of fused-ring (bicyclic) bond motifs is 1. The number of hydrazone groups is 1. The molecule has 1 unspecified atom stereocenters. The number of carbonyl (C=O) groups is 3. The SMILES string of the molecule is C/C(CC(=O)c1ccc2c(c1)CCN(C(=O)O)CC2C(C)(C)C)=N\N(C)C(=O)OC(C)(C)C. The van der Waals surface area contributed by atoms with Crippen LogP contribution in [0.5, 0.6) is 0 Å². The maximum Gasteiger partial charge on any atom is 0.430 e. The highest BCUT2D eigenvalue weighted by molar-refractivity contribution is 6.09. The van der Waals surface area contributed by atoms with Crippen LogP contribution in [0.25, 0.3) is 0 Å². The molecule has 0 fully saturated rings. The highest BCUT2D eigenvalue weighted by atomic mass is 16.6. The summed E-state index contributed by atoms with van der Waals surface area (Å²) in [6, 6.07) is 5.65. The summed E-state index contributed by atoms with van der Waals surface area (Å²) in [5.41, 5.74) is 2.39. The van der Waals surface area contributed by atoms with Crippen LogP contribution in [0.4, 0.5) is 9.59 Å². The first-order valence-corrected chi connectivity index (χ1v) is 11.2. The number of Topliss-reactive ketones (excluding diaryl/α,β-unsaturated/α-hetero) is 1. The Hall–Kier alpha value is -2.90.